The normalized spacial score (nSPS) is 13.9. The summed E-state index contributed by atoms with van der Waals surface area (Å²) in [7, 11) is 0. The number of amides is 2. The van der Waals surface area contributed by atoms with E-state index in [-0.39, 0.29) is 24.2 Å². The number of carbonyl (C=O) groups is 2. The maximum absolute atomic E-state index is 12.3. The number of anilines is 1. The summed E-state index contributed by atoms with van der Waals surface area (Å²) in [6.45, 7) is -0.0134. The third kappa shape index (κ3) is 1.70. The Morgan fingerprint density at radius 3 is 2.32 bits per heavy atom. The van der Waals surface area contributed by atoms with Crippen molar-refractivity contribution in [2.45, 2.75) is 6.54 Å². The summed E-state index contributed by atoms with van der Waals surface area (Å²) in [6, 6.07) is 12.0. The number of hydrogen-bond donors (Lipinski definition) is 1. The van der Waals surface area contributed by atoms with Gasteiger partial charge in [-0.25, -0.2) is 4.98 Å². The van der Waals surface area contributed by atoms with Gasteiger partial charge in [0.2, 0.25) is 5.89 Å². The van der Waals surface area contributed by atoms with Crippen LogP contribution in [0.1, 0.15) is 26.6 Å². The maximum atomic E-state index is 12.3. The Labute approximate surface area is 125 Å². The summed E-state index contributed by atoms with van der Waals surface area (Å²) in [5.74, 6) is -0.394. The van der Waals surface area contributed by atoms with Crippen LogP contribution in [0.4, 0.5) is 5.69 Å². The number of nitrogens with two attached hydrogens (primary N) is 1. The lowest BCUT2D eigenvalue weighted by molar-refractivity contribution is 0.0629. The molecule has 22 heavy (non-hydrogen) atoms. The van der Waals surface area contributed by atoms with Crippen LogP contribution in [0, 0.1) is 0 Å². The summed E-state index contributed by atoms with van der Waals surface area (Å²) in [6.07, 6.45) is 0. The second-order valence-electron chi connectivity index (χ2n) is 5.04. The number of benzene rings is 2. The molecule has 0 spiro atoms. The average molecular weight is 293 g/mol. The molecule has 2 aromatic carbocycles. The lowest BCUT2D eigenvalue weighted by Crippen LogP contribution is -2.29. The van der Waals surface area contributed by atoms with Gasteiger partial charge < -0.3 is 10.2 Å². The van der Waals surface area contributed by atoms with E-state index in [1.807, 2.05) is 0 Å². The van der Waals surface area contributed by atoms with Crippen LogP contribution in [-0.2, 0) is 6.54 Å². The van der Waals surface area contributed by atoms with Gasteiger partial charge in [-0.3, -0.25) is 14.5 Å². The molecule has 2 amide bonds. The zero-order chi connectivity index (χ0) is 15.3. The largest absolute Gasteiger partial charge is 0.439 e. The first-order valence-electron chi connectivity index (χ1n) is 6.74. The molecule has 6 heteroatoms. The number of hydrogen-bond acceptors (Lipinski definition) is 5. The number of carbonyl (C=O) groups excluding carboxylic acids is 2. The smallest absolute Gasteiger partial charge is 0.262 e. The topological polar surface area (TPSA) is 89.4 Å². The van der Waals surface area contributed by atoms with Crippen LogP contribution in [0.15, 0.2) is 46.9 Å². The average Bonchev–Trinajstić information content (AvgIpc) is 3.04. The molecule has 1 aliphatic heterocycles. The van der Waals surface area contributed by atoms with Crippen molar-refractivity contribution in [3.8, 4) is 0 Å². The highest BCUT2D eigenvalue weighted by Crippen LogP contribution is 2.26. The summed E-state index contributed by atoms with van der Waals surface area (Å²) in [5, 5.41) is 0. The van der Waals surface area contributed by atoms with E-state index in [1.165, 1.54) is 0 Å². The third-order valence-electron chi connectivity index (χ3n) is 3.67. The minimum atomic E-state index is -0.337. The van der Waals surface area contributed by atoms with Crippen molar-refractivity contribution in [1.82, 2.24) is 9.88 Å². The zero-order valence-electron chi connectivity index (χ0n) is 11.4. The number of aromatic nitrogens is 1. The van der Waals surface area contributed by atoms with Gasteiger partial charge in [0.15, 0.2) is 5.58 Å². The maximum Gasteiger partial charge on any atom is 0.262 e. The Morgan fingerprint density at radius 2 is 1.68 bits per heavy atom. The number of fused-ring (bicyclic) bond motifs is 2. The van der Waals surface area contributed by atoms with Gasteiger partial charge in [-0.15, -0.1) is 0 Å². The molecule has 0 saturated carbocycles. The van der Waals surface area contributed by atoms with Gasteiger partial charge in [0.25, 0.3) is 11.8 Å². The highest BCUT2D eigenvalue weighted by Gasteiger charge is 2.36. The van der Waals surface area contributed by atoms with Crippen LogP contribution in [0.25, 0.3) is 11.1 Å². The molecule has 3 aromatic rings. The molecule has 0 radical (unpaired) electrons. The van der Waals surface area contributed by atoms with Crippen molar-refractivity contribution in [3.63, 3.8) is 0 Å². The van der Waals surface area contributed by atoms with Crippen molar-refractivity contribution >= 4 is 28.6 Å². The van der Waals surface area contributed by atoms with Crippen molar-refractivity contribution in [2.75, 3.05) is 5.73 Å². The monoisotopic (exact) mass is 293 g/mol. The van der Waals surface area contributed by atoms with Crippen LogP contribution >= 0.6 is 0 Å². The molecule has 1 aromatic heterocycles. The second kappa shape index (κ2) is 4.42. The van der Waals surface area contributed by atoms with Crippen LogP contribution in [0.2, 0.25) is 0 Å². The standard InChI is InChI=1S/C16H11N3O3/c17-11-6-3-7-12-14(11)18-13(22-12)8-19-15(20)9-4-1-2-5-10(9)16(19)21/h1-7H,8,17H2. The van der Waals surface area contributed by atoms with Gasteiger partial charge in [0, 0.05) is 0 Å². The lowest BCUT2D eigenvalue weighted by Gasteiger charge is -2.10. The zero-order valence-corrected chi connectivity index (χ0v) is 11.4. The fourth-order valence-corrected chi connectivity index (χ4v) is 2.60. The molecule has 0 atom stereocenters. The summed E-state index contributed by atoms with van der Waals surface area (Å²) >= 11 is 0. The van der Waals surface area contributed by atoms with Crippen LogP contribution < -0.4 is 5.73 Å². The van der Waals surface area contributed by atoms with E-state index in [0.717, 1.165) is 4.90 Å². The molecular weight excluding hydrogens is 282 g/mol. The van der Waals surface area contributed by atoms with Crippen LogP contribution in [0.3, 0.4) is 0 Å². The molecule has 0 unspecified atom stereocenters. The van der Waals surface area contributed by atoms with Gasteiger partial charge in [-0.05, 0) is 24.3 Å². The molecule has 0 fully saturated rings. The number of nitrogen functional groups attached to an aromatic ring is 1. The molecular formula is C16H11N3O3. The Kier molecular flexibility index (Phi) is 2.53. The predicted octanol–water partition coefficient (Wildman–Crippen LogP) is 2.21. The quantitative estimate of drug-likeness (QED) is 0.578. The van der Waals surface area contributed by atoms with Gasteiger partial charge in [0.05, 0.1) is 16.8 Å². The van der Waals surface area contributed by atoms with Gasteiger partial charge in [0.1, 0.15) is 12.1 Å². The Morgan fingerprint density at radius 1 is 1.00 bits per heavy atom. The molecule has 108 valence electrons. The Hall–Kier alpha value is -3.15. The molecule has 4 rings (SSSR count). The Balaban J connectivity index is 1.70. The molecule has 0 aliphatic carbocycles. The Bertz CT molecular complexity index is 894. The van der Waals surface area contributed by atoms with Crippen molar-refractivity contribution in [3.05, 3.63) is 59.5 Å². The first-order chi connectivity index (χ1) is 10.6. The first-order valence-corrected chi connectivity index (χ1v) is 6.74. The fraction of sp³-hybridized carbons (Fsp3) is 0.0625. The van der Waals surface area contributed by atoms with E-state index in [4.69, 9.17) is 10.2 Å². The number of imide groups is 1. The molecule has 1 aliphatic rings. The minimum Gasteiger partial charge on any atom is -0.439 e. The molecule has 0 bridgehead atoms. The van der Waals surface area contributed by atoms with E-state index < -0.39 is 0 Å². The highest BCUT2D eigenvalue weighted by atomic mass is 16.3. The van der Waals surface area contributed by atoms with E-state index in [0.29, 0.717) is 27.9 Å². The number of oxazole rings is 1. The SMILES string of the molecule is Nc1cccc2oc(CN3C(=O)c4ccccc4C3=O)nc12. The lowest BCUT2D eigenvalue weighted by atomic mass is 10.1. The van der Waals surface area contributed by atoms with E-state index in [9.17, 15) is 9.59 Å². The second-order valence-corrected chi connectivity index (χ2v) is 5.04. The van der Waals surface area contributed by atoms with E-state index >= 15 is 0 Å². The predicted molar refractivity (Wildman–Crippen MR) is 79.1 cm³/mol. The van der Waals surface area contributed by atoms with Gasteiger partial charge >= 0.3 is 0 Å². The highest BCUT2D eigenvalue weighted by molar-refractivity contribution is 6.21. The van der Waals surface area contributed by atoms with Gasteiger partial charge in [-0.2, -0.15) is 0 Å². The first kappa shape index (κ1) is 12.6. The van der Waals surface area contributed by atoms with E-state index in [1.54, 1.807) is 42.5 Å². The third-order valence-corrected chi connectivity index (χ3v) is 3.67. The summed E-state index contributed by atoms with van der Waals surface area (Å²) in [5.41, 5.74) is 8.21. The summed E-state index contributed by atoms with van der Waals surface area (Å²) in [4.78, 5) is 30.0. The molecule has 2 N–H and O–H groups in total. The van der Waals surface area contributed by atoms with Crippen LogP contribution in [0.5, 0.6) is 0 Å². The molecule has 2 heterocycles. The molecule has 0 saturated heterocycles. The van der Waals surface area contributed by atoms with Crippen LogP contribution in [-0.4, -0.2) is 21.7 Å². The minimum absolute atomic E-state index is 0.0134. The fourth-order valence-electron chi connectivity index (χ4n) is 2.60. The molecule has 6 nitrogen and oxygen atoms in total. The van der Waals surface area contributed by atoms with Crippen molar-refractivity contribution in [2.24, 2.45) is 0 Å². The summed E-state index contributed by atoms with van der Waals surface area (Å²) < 4.78 is 5.57. The number of para-hydroxylation sites is 1. The van der Waals surface area contributed by atoms with E-state index in [2.05, 4.69) is 4.98 Å². The van der Waals surface area contributed by atoms with Crippen molar-refractivity contribution < 1.29 is 14.0 Å². The van der Waals surface area contributed by atoms with Crippen molar-refractivity contribution in [1.29, 1.82) is 0 Å². The van der Waals surface area contributed by atoms with Gasteiger partial charge in [-0.1, -0.05) is 18.2 Å². The number of rotatable bonds is 2. The number of nitrogens with zero attached hydrogens (tertiary/aromatic N) is 2.